The molecule has 1 fully saturated rings. The Morgan fingerprint density at radius 3 is 2.50 bits per heavy atom. The quantitative estimate of drug-likeness (QED) is 0.676. The maximum atomic E-state index is 12.4. The lowest BCUT2D eigenvalue weighted by Crippen LogP contribution is -2.41. The maximum absolute atomic E-state index is 12.4. The van der Waals surface area contributed by atoms with Crippen LogP contribution in [0.2, 0.25) is 0 Å². The first-order valence-electron chi connectivity index (χ1n) is 7.96. The van der Waals surface area contributed by atoms with Crippen LogP contribution in [0, 0.1) is 5.92 Å². The van der Waals surface area contributed by atoms with E-state index in [9.17, 15) is 14.7 Å². The van der Waals surface area contributed by atoms with Gasteiger partial charge in [-0.05, 0) is 49.4 Å². The van der Waals surface area contributed by atoms with Crippen LogP contribution in [-0.4, -0.2) is 30.1 Å². The predicted octanol–water partition coefficient (Wildman–Crippen LogP) is 2.32. The van der Waals surface area contributed by atoms with Gasteiger partial charge in [-0.3, -0.25) is 9.59 Å². The van der Waals surface area contributed by atoms with Crippen molar-refractivity contribution in [1.82, 2.24) is 5.32 Å². The third kappa shape index (κ3) is 4.56. The van der Waals surface area contributed by atoms with Crippen LogP contribution >= 0.6 is 0 Å². The fraction of sp³-hybridized carbons (Fsp3) is 0.529. The molecular weight excluding hydrogens is 280 g/mol. The lowest BCUT2D eigenvalue weighted by molar-refractivity contribution is -0.105. The molecule has 0 radical (unpaired) electrons. The molecular formula is C17H24N2O3. The standard InChI is InChI=1S/C17H24N2O3/c20-11-10-16(13-4-2-1-3-5-13)19-17(22)14-6-8-15(9-7-14)18-12-21/h6-9,12-13,16,20H,1-5,10-11H2,(H,18,21)(H,19,22). The monoisotopic (exact) mass is 304 g/mol. The Kier molecular flexibility index (Phi) is 6.40. The zero-order valence-electron chi connectivity index (χ0n) is 12.8. The summed E-state index contributed by atoms with van der Waals surface area (Å²) in [5, 5.41) is 14.9. The van der Waals surface area contributed by atoms with Gasteiger partial charge in [0.25, 0.3) is 5.91 Å². The van der Waals surface area contributed by atoms with Gasteiger partial charge in [0.1, 0.15) is 0 Å². The van der Waals surface area contributed by atoms with Gasteiger partial charge in [-0.15, -0.1) is 0 Å². The minimum Gasteiger partial charge on any atom is -0.396 e. The Hall–Kier alpha value is -1.88. The summed E-state index contributed by atoms with van der Waals surface area (Å²) in [4.78, 5) is 22.7. The van der Waals surface area contributed by atoms with Gasteiger partial charge in [0.15, 0.2) is 0 Å². The first-order valence-corrected chi connectivity index (χ1v) is 7.96. The van der Waals surface area contributed by atoms with Crippen LogP contribution in [0.1, 0.15) is 48.9 Å². The second kappa shape index (κ2) is 8.54. The minimum absolute atomic E-state index is 0.0329. The summed E-state index contributed by atoms with van der Waals surface area (Å²) in [5.74, 6) is 0.336. The number of rotatable bonds is 7. The summed E-state index contributed by atoms with van der Waals surface area (Å²) in [7, 11) is 0. The predicted molar refractivity (Wildman–Crippen MR) is 85.7 cm³/mol. The highest BCUT2D eigenvalue weighted by molar-refractivity contribution is 5.94. The van der Waals surface area contributed by atoms with Crippen molar-refractivity contribution < 1.29 is 14.7 Å². The topological polar surface area (TPSA) is 78.4 Å². The number of carbonyl (C=O) groups excluding carboxylic acids is 2. The first kappa shape index (κ1) is 16.5. The number of benzene rings is 1. The molecule has 22 heavy (non-hydrogen) atoms. The van der Waals surface area contributed by atoms with E-state index in [1.807, 2.05) is 0 Å². The zero-order chi connectivity index (χ0) is 15.8. The Labute approximate surface area is 131 Å². The van der Waals surface area contributed by atoms with E-state index in [-0.39, 0.29) is 18.6 Å². The number of nitrogens with one attached hydrogen (secondary N) is 2. The molecule has 0 aromatic heterocycles. The van der Waals surface area contributed by atoms with Crippen molar-refractivity contribution in [3.05, 3.63) is 29.8 Å². The lowest BCUT2D eigenvalue weighted by atomic mass is 9.82. The highest BCUT2D eigenvalue weighted by Gasteiger charge is 2.25. The molecule has 1 aliphatic rings. The average molecular weight is 304 g/mol. The number of aliphatic hydroxyl groups is 1. The van der Waals surface area contributed by atoms with Crippen LogP contribution in [0.5, 0.6) is 0 Å². The van der Waals surface area contributed by atoms with Crippen molar-refractivity contribution in [2.75, 3.05) is 11.9 Å². The molecule has 0 aliphatic heterocycles. The van der Waals surface area contributed by atoms with E-state index in [4.69, 9.17) is 0 Å². The largest absolute Gasteiger partial charge is 0.396 e. The molecule has 5 nitrogen and oxygen atoms in total. The number of carbonyl (C=O) groups is 2. The molecule has 1 saturated carbocycles. The van der Waals surface area contributed by atoms with Gasteiger partial charge in [0.05, 0.1) is 0 Å². The van der Waals surface area contributed by atoms with Crippen molar-refractivity contribution in [2.24, 2.45) is 5.92 Å². The number of anilines is 1. The normalized spacial score (nSPS) is 16.8. The van der Waals surface area contributed by atoms with Crippen LogP contribution in [0.3, 0.4) is 0 Å². The molecule has 1 atom stereocenters. The summed E-state index contributed by atoms with van der Waals surface area (Å²) >= 11 is 0. The molecule has 0 heterocycles. The SMILES string of the molecule is O=CNc1ccc(C(=O)NC(CCO)C2CCCCC2)cc1. The molecule has 3 N–H and O–H groups in total. The molecule has 120 valence electrons. The number of hydrogen-bond donors (Lipinski definition) is 3. The fourth-order valence-corrected chi connectivity index (χ4v) is 3.14. The highest BCUT2D eigenvalue weighted by Crippen LogP contribution is 2.28. The molecule has 0 spiro atoms. The van der Waals surface area contributed by atoms with Crippen LogP contribution in [0.4, 0.5) is 5.69 Å². The third-order valence-electron chi connectivity index (χ3n) is 4.35. The van der Waals surface area contributed by atoms with Crippen LogP contribution in [0.25, 0.3) is 0 Å². The van der Waals surface area contributed by atoms with E-state index in [1.165, 1.54) is 19.3 Å². The van der Waals surface area contributed by atoms with Crippen LogP contribution < -0.4 is 10.6 Å². The maximum Gasteiger partial charge on any atom is 0.251 e. The van der Waals surface area contributed by atoms with Gasteiger partial charge in [0, 0.05) is 23.9 Å². The molecule has 1 aliphatic carbocycles. The summed E-state index contributed by atoms with van der Waals surface area (Å²) in [6.45, 7) is 0.0869. The van der Waals surface area contributed by atoms with E-state index >= 15 is 0 Å². The Balaban J connectivity index is 1.98. The minimum atomic E-state index is -0.123. The van der Waals surface area contributed by atoms with E-state index in [1.54, 1.807) is 24.3 Å². The summed E-state index contributed by atoms with van der Waals surface area (Å²) in [6, 6.07) is 6.82. The lowest BCUT2D eigenvalue weighted by Gasteiger charge is -2.30. The van der Waals surface area contributed by atoms with E-state index in [0.717, 1.165) is 12.8 Å². The molecule has 1 unspecified atom stereocenters. The second-order valence-corrected chi connectivity index (χ2v) is 5.83. The molecule has 2 rings (SSSR count). The van der Waals surface area contributed by atoms with Gasteiger partial charge < -0.3 is 15.7 Å². The van der Waals surface area contributed by atoms with Crippen molar-refractivity contribution in [1.29, 1.82) is 0 Å². The molecule has 5 heteroatoms. The van der Waals surface area contributed by atoms with Gasteiger partial charge in [-0.2, -0.15) is 0 Å². The van der Waals surface area contributed by atoms with Crippen LogP contribution in [-0.2, 0) is 4.79 Å². The van der Waals surface area contributed by atoms with Crippen molar-refractivity contribution >= 4 is 18.0 Å². The summed E-state index contributed by atoms with van der Waals surface area (Å²) in [5.41, 5.74) is 1.22. The molecule has 1 aromatic carbocycles. The zero-order valence-corrected chi connectivity index (χ0v) is 12.8. The van der Waals surface area contributed by atoms with Crippen LogP contribution in [0.15, 0.2) is 24.3 Å². The first-order chi connectivity index (χ1) is 10.7. The number of aliphatic hydroxyl groups excluding tert-OH is 1. The molecule has 2 amide bonds. The van der Waals surface area contributed by atoms with Gasteiger partial charge in [0.2, 0.25) is 6.41 Å². The number of hydrogen-bond acceptors (Lipinski definition) is 3. The Morgan fingerprint density at radius 1 is 1.23 bits per heavy atom. The van der Waals surface area contributed by atoms with Crippen molar-refractivity contribution in [3.8, 4) is 0 Å². The number of amides is 2. The van der Waals surface area contributed by atoms with Crippen molar-refractivity contribution in [2.45, 2.75) is 44.6 Å². The summed E-state index contributed by atoms with van der Waals surface area (Å²) in [6.07, 6.45) is 7.11. The summed E-state index contributed by atoms with van der Waals surface area (Å²) < 4.78 is 0. The fourth-order valence-electron chi connectivity index (χ4n) is 3.14. The average Bonchev–Trinajstić information content (AvgIpc) is 2.56. The van der Waals surface area contributed by atoms with Gasteiger partial charge in [-0.1, -0.05) is 19.3 Å². The second-order valence-electron chi connectivity index (χ2n) is 5.83. The molecule has 1 aromatic rings. The molecule has 0 saturated heterocycles. The highest BCUT2D eigenvalue weighted by atomic mass is 16.3. The smallest absolute Gasteiger partial charge is 0.251 e. The Morgan fingerprint density at radius 2 is 1.91 bits per heavy atom. The third-order valence-corrected chi connectivity index (χ3v) is 4.35. The van der Waals surface area contributed by atoms with Gasteiger partial charge >= 0.3 is 0 Å². The van der Waals surface area contributed by atoms with Crippen molar-refractivity contribution in [3.63, 3.8) is 0 Å². The van der Waals surface area contributed by atoms with E-state index < -0.39 is 0 Å². The molecule has 0 bridgehead atoms. The van der Waals surface area contributed by atoms with E-state index in [2.05, 4.69) is 10.6 Å². The Bertz CT molecular complexity index is 481. The van der Waals surface area contributed by atoms with E-state index in [0.29, 0.717) is 30.0 Å². The van der Waals surface area contributed by atoms with Gasteiger partial charge in [-0.25, -0.2) is 0 Å².